The highest BCUT2D eigenvalue weighted by Crippen LogP contribution is 2.30. The molecule has 0 spiro atoms. The van der Waals surface area contributed by atoms with Crippen LogP contribution in [-0.2, 0) is 12.3 Å². The standard InChI is InChI=1S/C13H12BrClOS/c14-12-3-1-2-11(8-15)13(12)16-6-4-10-5-7-17-9-10/h1-3,5,7,9H,4,6,8H2. The summed E-state index contributed by atoms with van der Waals surface area (Å²) >= 11 is 11.1. The molecule has 0 fully saturated rings. The summed E-state index contributed by atoms with van der Waals surface area (Å²) in [6.45, 7) is 0.670. The molecule has 1 nitrogen and oxygen atoms in total. The minimum atomic E-state index is 0.466. The van der Waals surface area contributed by atoms with Crippen molar-refractivity contribution in [2.45, 2.75) is 12.3 Å². The third-order valence-corrected chi connectivity index (χ3v) is 4.05. The Bertz CT molecular complexity index is 470. The fraction of sp³-hybridized carbons (Fsp3) is 0.231. The van der Waals surface area contributed by atoms with Gasteiger partial charge in [0.2, 0.25) is 0 Å². The van der Waals surface area contributed by atoms with E-state index in [-0.39, 0.29) is 0 Å². The zero-order chi connectivity index (χ0) is 12.1. The lowest BCUT2D eigenvalue weighted by Gasteiger charge is -2.11. The van der Waals surface area contributed by atoms with E-state index >= 15 is 0 Å². The summed E-state index contributed by atoms with van der Waals surface area (Å²) < 4.78 is 6.76. The van der Waals surface area contributed by atoms with Gasteiger partial charge in [-0.2, -0.15) is 11.3 Å². The zero-order valence-electron chi connectivity index (χ0n) is 9.16. The number of ether oxygens (including phenoxy) is 1. The van der Waals surface area contributed by atoms with E-state index < -0.39 is 0 Å². The van der Waals surface area contributed by atoms with Gasteiger partial charge in [0.15, 0.2) is 0 Å². The first-order chi connectivity index (χ1) is 8.31. The molecular formula is C13H12BrClOS. The van der Waals surface area contributed by atoms with Gasteiger partial charge in [0.25, 0.3) is 0 Å². The van der Waals surface area contributed by atoms with Crippen LogP contribution in [0.25, 0.3) is 0 Å². The molecule has 0 aliphatic rings. The van der Waals surface area contributed by atoms with Gasteiger partial charge in [-0.3, -0.25) is 0 Å². The molecule has 0 amide bonds. The van der Waals surface area contributed by atoms with Crippen LogP contribution in [0.4, 0.5) is 0 Å². The monoisotopic (exact) mass is 330 g/mol. The number of alkyl halides is 1. The van der Waals surface area contributed by atoms with Crippen LogP contribution < -0.4 is 4.74 Å². The molecule has 90 valence electrons. The second-order valence-corrected chi connectivity index (χ2v) is 5.49. The highest BCUT2D eigenvalue weighted by molar-refractivity contribution is 9.10. The van der Waals surface area contributed by atoms with Crippen molar-refractivity contribution in [3.63, 3.8) is 0 Å². The van der Waals surface area contributed by atoms with Crippen LogP contribution in [0, 0.1) is 0 Å². The molecule has 2 rings (SSSR count). The largest absolute Gasteiger partial charge is 0.492 e. The molecule has 0 atom stereocenters. The minimum absolute atomic E-state index is 0.466. The van der Waals surface area contributed by atoms with Crippen molar-refractivity contribution in [1.29, 1.82) is 0 Å². The Kier molecular flexibility index (Phi) is 4.89. The van der Waals surface area contributed by atoms with Crippen molar-refractivity contribution < 1.29 is 4.74 Å². The quantitative estimate of drug-likeness (QED) is 0.710. The molecule has 1 aromatic carbocycles. The van der Waals surface area contributed by atoms with Crippen LogP contribution in [0.1, 0.15) is 11.1 Å². The molecule has 4 heteroatoms. The van der Waals surface area contributed by atoms with Gasteiger partial charge in [-0.1, -0.05) is 12.1 Å². The smallest absolute Gasteiger partial charge is 0.137 e. The number of rotatable bonds is 5. The molecule has 1 heterocycles. The van der Waals surface area contributed by atoms with Crippen molar-refractivity contribution in [2.24, 2.45) is 0 Å². The van der Waals surface area contributed by atoms with Gasteiger partial charge < -0.3 is 4.74 Å². The Morgan fingerprint density at radius 1 is 1.29 bits per heavy atom. The number of hydrogen-bond donors (Lipinski definition) is 0. The van der Waals surface area contributed by atoms with Crippen LogP contribution >= 0.6 is 38.9 Å². The maximum absolute atomic E-state index is 5.88. The molecule has 1 aromatic heterocycles. The summed E-state index contributed by atoms with van der Waals surface area (Å²) in [6.07, 6.45) is 0.923. The Hall–Kier alpha value is -0.510. The first-order valence-corrected chi connectivity index (χ1v) is 7.55. The molecule has 0 N–H and O–H groups in total. The van der Waals surface area contributed by atoms with Crippen molar-refractivity contribution in [2.75, 3.05) is 6.61 Å². The van der Waals surface area contributed by atoms with Crippen LogP contribution in [0.5, 0.6) is 5.75 Å². The normalized spacial score (nSPS) is 10.5. The molecule has 0 aliphatic carbocycles. The fourth-order valence-electron chi connectivity index (χ4n) is 1.53. The third-order valence-electron chi connectivity index (χ3n) is 2.41. The molecule has 17 heavy (non-hydrogen) atoms. The van der Waals surface area contributed by atoms with E-state index in [2.05, 4.69) is 32.8 Å². The summed E-state index contributed by atoms with van der Waals surface area (Å²) in [6, 6.07) is 8.04. The molecule has 0 aliphatic heterocycles. The van der Waals surface area contributed by atoms with Gasteiger partial charge in [0.05, 0.1) is 17.0 Å². The number of halogens is 2. The summed E-state index contributed by atoms with van der Waals surface area (Å²) in [5.41, 5.74) is 2.33. The second-order valence-electron chi connectivity index (χ2n) is 3.59. The summed E-state index contributed by atoms with van der Waals surface area (Å²) in [5.74, 6) is 1.32. The average molecular weight is 332 g/mol. The van der Waals surface area contributed by atoms with Gasteiger partial charge in [-0.05, 0) is 44.4 Å². The predicted octanol–water partition coefficient (Wildman–Crippen LogP) is 4.87. The lowest BCUT2D eigenvalue weighted by molar-refractivity contribution is 0.317. The second kappa shape index (κ2) is 6.43. The molecule has 0 unspecified atom stereocenters. The van der Waals surface area contributed by atoms with Crippen molar-refractivity contribution >= 4 is 38.9 Å². The highest BCUT2D eigenvalue weighted by Gasteiger charge is 2.07. The summed E-state index contributed by atoms with van der Waals surface area (Å²) in [5, 5.41) is 4.23. The molecule has 0 bridgehead atoms. The van der Waals surface area contributed by atoms with E-state index in [1.54, 1.807) is 11.3 Å². The first kappa shape index (κ1) is 12.9. The SMILES string of the molecule is ClCc1cccc(Br)c1OCCc1ccsc1. The predicted molar refractivity (Wildman–Crippen MR) is 77.2 cm³/mol. The Balaban J connectivity index is 1.98. The van der Waals surface area contributed by atoms with E-state index in [4.69, 9.17) is 16.3 Å². The molecular weight excluding hydrogens is 320 g/mol. The maximum atomic E-state index is 5.88. The Labute approximate surface area is 119 Å². The maximum Gasteiger partial charge on any atom is 0.137 e. The highest BCUT2D eigenvalue weighted by atomic mass is 79.9. The molecule has 2 aromatic rings. The van der Waals surface area contributed by atoms with Crippen LogP contribution in [0.3, 0.4) is 0 Å². The van der Waals surface area contributed by atoms with Crippen molar-refractivity contribution in [3.8, 4) is 5.75 Å². The number of benzene rings is 1. The Morgan fingerprint density at radius 3 is 2.88 bits per heavy atom. The lowest BCUT2D eigenvalue weighted by Crippen LogP contribution is -2.03. The van der Waals surface area contributed by atoms with E-state index in [1.165, 1.54) is 5.56 Å². The molecule has 0 saturated heterocycles. The zero-order valence-corrected chi connectivity index (χ0v) is 12.3. The number of thiophene rings is 1. The van der Waals surface area contributed by atoms with E-state index in [9.17, 15) is 0 Å². The average Bonchev–Trinajstić information content (AvgIpc) is 2.84. The van der Waals surface area contributed by atoms with E-state index in [1.807, 2.05) is 18.2 Å². The topological polar surface area (TPSA) is 9.23 Å². The van der Waals surface area contributed by atoms with Crippen LogP contribution in [-0.4, -0.2) is 6.61 Å². The van der Waals surface area contributed by atoms with Gasteiger partial charge in [0, 0.05) is 12.0 Å². The summed E-state index contributed by atoms with van der Waals surface area (Å²) in [7, 11) is 0. The van der Waals surface area contributed by atoms with Crippen LogP contribution in [0.15, 0.2) is 39.5 Å². The van der Waals surface area contributed by atoms with Crippen molar-refractivity contribution in [1.82, 2.24) is 0 Å². The molecule has 0 radical (unpaired) electrons. The van der Waals surface area contributed by atoms with Gasteiger partial charge in [0.1, 0.15) is 5.75 Å². The van der Waals surface area contributed by atoms with Gasteiger partial charge in [-0.15, -0.1) is 11.6 Å². The fourth-order valence-corrected chi connectivity index (χ4v) is 2.96. The number of para-hydroxylation sites is 1. The van der Waals surface area contributed by atoms with Crippen LogP contribution in [0.2, 0.25) is 0 Å². The van der Waals surface area contributed by atoms with E-state index in [0.717, 1.165) is 22.2 Å². The van der Waals surface area contributed by atoms with Crippen molar-refractivity contribution in [3.05, 3.63) is 50.6 Å². The minimum Gasteiger partial charge on any atom is -0.492 e. The molecule has 0 saturated carbocycles. The lowest BCUT2D eigenvalue weighted by atomic mass is 10.2. The Morgan fingerprint density at radius 2 is 2.18 bits per heavy atom. The first-order valence-electron chi connectivity index (χ1n) is 5.28. The third kappa shape index (κ3) is 3.47. The van der Waals surface area contributed by atoms with Gasteiger partial charge in [-0.25, -0.2) is 0 Å². The number of hydrogen-bond acceptors (Lipinski definition) is 2. The summed E-state index contributed by atoms with van der Waals surface area (Å²) in [4.78, 5) is 0. The van der Waals surface area contributed by atoms with Gasteiger partial charge >= 0.3 is 0 Å². The van der Waals surface area contributed by atoms with E-state index in [0.29, 0.717) is 12.5 Å².